The number of carbonyl (C=O) groups is 2. The maximum Gasteiger partial charge on any atom is 0.276 e. The number of hydrogen-bond donors (Lipinski definition) is 3. The van der Waals surface area contributed by atoms with E-state index in [1.54, 1.807) is 6.92 Å². The van der Waals surface area contributed by atoms with Crippen molar-refractivity contribution < 1.29 is 41.1 Å². The first-order chi connectivity index (χ1) is 20.7. The van der Waals surface area contributed by atoms with Crippen molar-refractivity contribution in [1.82, 2.24) is 20.0 Å². The van der Waals surface area contributed by atoms with Gasteiger partial charge in [-0.3, -0.25) is 9.59 Å². The van der Waals surface area contributed by atoms with Crippen LogP contribution in [0.4, 0.5) is 5.13 Å². The number of hydroxylamine groups is 2. The molecule has 0 unspecified atom stereocenters. The van der Waals surface area contributed by atoms with E-state index in [-0.39, 0.29) is 23.1 Å². The van der Waals surface area contributed by atoms with Crippen molar-refractivity contribution >= 4 is 44.4 Å². The Hall–Kier alpha value is -4.10. The molecule has 0 saturated carbocycles. The average Bonchev–Trinajstić information content (AvgIpc) is 3.56. The molecule has 0 spiro atoms. The second-order valence-electron chi connectivity index (χ2n) is 10.5. The van der Waals surface area contributed by atoms with Gasteiger partial charge in [-0.1, -0.05) is 17.3 Å². The summed E-state index contributed by atoms with van der Waals surface area (Å²) in [6.07, 6.45) is 4.36. The van der Waals surface area contributed by atoms with Gasteiger partial charge < -0.3 is 30.9 Å². The Bertz CT molecular complexity index is 1640. The van der Waals surface area contributed by atoms with Gasteiger partial charge in [-0.25, -0.2) is 13.4 Å². The summed E-state index contributed by atoms with van der Waals surface area (Å²) in [6, 6.07) is 6.33. The summed E-state index contributed by atoms with van der Waals surface area (Å²) in [7, 11) is -3.23. The van der Waals surface area contributed by atoms with Crippen LogP contribution in [0.15, 0.2) is 47.2 Å². The molecule has 16 nitrogen and oxygen atoms in total. The SMILES string of the molecule is C[C@H](COc1ccc(-c2cn(CCCN)[n+](C)c2)cc1)O/N=C(\C(=O)N[C@@H]1C(=O)N(OS(=O)(=O)[O-])C1(C)C)c1csc(N)n1. The van der Waals surface area contributed by atoms with E-state index in [4.69, 9.17) is 21.0 Å². The fourth-order valence-corrected chi connectivity index (χ4v) is 5.33. The van der Waals surface area contributed by atoms with Gasteiger partial charge >= 0.3 is 0 Å². The van der Waals surface area contributed by atoms with Crippen molar-refractivity contribution in [3.63, 3.8) is 0 Å². The molecule has 3 heterocycles. The molecular weight excluding hydrogens is 616 g/mol. The van der Waals surface area contributed by atoms with E-state index in [2.05, 4.69) is 30.6 Å². The highest BCUT2D eigenvalue weighted by Crippen LogP contribution is 2.33. The van der Waals surface area contributed by atoms with Crippen molar-refractivity contribution in [1.29, 1.82) is 0 Å². The number of nitrogens with two attached hydrogens (primary N) is 2. The Labute approximate surface area is 258 Å². The summed E-state index contributed by atoms with van der Waals surface area (Å²) in [6.45, 7) is 6.03. The van der Waals surface area contributed by atoms with Gasteiger partial charge in [0.1, 0.15) is 24.1 Å². The molecule has 44 heavy (non-hydrogen) atoms. The first-order valence-corrected chi connectivity index (χ1v) is 15.7. The monoisotopic (exact) mass is 650 g/mol. The molecule has 5 N–H and O–H groups in total. The van der Waals surface area contributed by atoms with Crippen LogP contribution in [-0.4, -0.2) is 76.1 Å². The lowest BCUT2D eigenvalue weighted by molar-refractivity contribution is -0.753. The quantitative estimate of drug-likeness (QED) is 0.0528. The molecule has 2 atom stereocenters. The number of nitrogens with one attached hydrogen (secondary N) is 1. The molecule has 238 valence electrons. The van der Waals surface area contributed by atoms with E-state index < -0.39 is 39.9 Å². The van der Waals surface area contributed by atoms with E-state index in [9.17, 15) is 22.6 Å². The van der Waals surface area contributed by atoms with E-state index >= 15 is 0 Å². The summed E-state index contributed by atoms with van der Waals surface area (Å²) in [4.78, 5) is 35.2. The molecule has 4 rings (SSSR count). The van der Waals surface area contributed by atoms with E-state index in [0.29, 0.717) is 17.4 Å². The Kier molecular flexibility index (Phi) is 9.89. The van der Waals surface area contributed by atoms with Crippen molar-refractivity contribution in [2.24, 2.45) is 17.9 Å². The van der Waals surface area contributed by atoms with Crippen LogP contribution in [0.1, 0.15) is 32.9 Å². The Morgan fingerprint density at radius 3 is 2.59 bits per heavy atom. The maximum absolute atomic E-state index is 13.2. The van der Waals surface area contributed by atoms with Crippen molar-refractivity contribution in [3.05, 3.63) is 47.7 Å². The van der Waals surface area contributed by atoms with Crippen LogP contribution in [0.25, 0.3) is 11.1 Å². The standard InChI is InChI=1S/C26H34N8O8S2/c1-16(14-40-19-8-6-17(7-9-19)18-12-32(4)33(13-18)11-5-10-27)41-31-21(20-15-43-25(28)29-20)23(35)30-22-24(36)34(26(22,2)3)42-44(37,38)39/h6-9,12-13,15-16,22H,5,10-11,14,27H2,1-4H3,(H3-,28,29,30,35,37,38,39)/b31-21-/t16-,22-/m1/s1. The van der Waals surface area contributed by atoms with Crippen molar-refractivity contribution in [3.8, 4) is 16.9 Å². The molecule has 2 amide bonds. The number of benzene rings is 1. The molecule has 1 fully saturated rings. The molecule has 3 aromatic rings. The number of thiazole rings is 1. The zero-order chi connectivity index (χ0) is 32.2. The van der Waals surface area contributed by atoms with Gasteiger partial charge in [0.15, 0.2) is 24.0 Å². The third-order valence-corrected chi connectivity index (χ3v) is 7.71. The predicted octanol–water partition coefficient (Wildman–Crippen LogP) is 0.0527. The molecule has 1 aromatic carbocycles. The van der Waals surface area contributed by atoms with E-state index in [1.807, 2.05) is 42.2 Å². The minimum Gasteiger partial charge on any atom is -0.724 e. The lowest BCUT2D eigenvalue weighted by Crippen LogP contribution is -2.76. The number of amides is 2. The van der Waals surface area contributed by atoms with Gasteiger partial charge in [-0.15, -0.1) is 16.0 Å². The minimum atomic E-state index is -5.20. The molecule has 1 aliphatic rings. The summed E-state index contributed by atoms with van der Waals surface area (Å²) >= 11 is 1.06. The number of nitrogens with zero attached hydrogens (tertiary/aromatic N) is 5. The minimum absolute atomic E-state index is 0.0888. The van der Waals surface area contributed by atoms with Gasteiger partial charge in [0, 0.05) is 5.38 Å². The fraction of sp³-hybridized carbons (Fsp3) is 0.423. The Balaban J connectivity index is 1.38. The first kappa shape index (κ1) is 32.8. The lowest BCUT2D eigenvalue weighted by atomic mass is 9.84. The maximum atomic E-state index is 13.2. The Morgan fingerprint density at radius 2 is 2.00 bits per heavy atom. The Morgan fingerprint density at radius 1 is 1.30 bits per heavy atom. The summed E-state index contributed by atoms with van der Waals surface area (Å²) in [5.41, 5.74) is 11.9. The molecule has 0 radical (unpaired) electrons. The third kappa shape index (κ3) is 7.69. The van der Waals surface area contributed by atoms with Crippen LogP contribution in [0, 0.1) is 0 Å². The van der Waals surface area contributed by atoms with E-state index in [0.717, 1.165) is 35.4 Å². The number of oxime groups is 1. The lowest BCUT2D eigenvalue weighted by Gasteiger charge is -2.51. The smallest absolute Gasteiger partial charge is 0.276 e. The predicted molar refractivity (Wildman–Crippen MR) is 157 cm³/mol. The number of aryl methyl sites for hydroxylation is 2. The fourth-order valence-electron chi connectivity index (χ4n) is 4.33. The average molecular weight is 651 g/mol. The molecular formula is C26H34N8O8S2. The number of aromatic nitrogens is 3. The van der Waals surface area contributed by atoms with Crippen LogP contribution < -0.4 is 26.2 Å². The molecule has 1 aliphatic heterocycles. The molecule has 1 saturated heterocycles. The van der Waals surface area contributed by atoms with Gasteiger partial charge in [0.05, 0.1) is 23.8 Å². The number of hydrogen-bond acceptors (Lipinski definition) is 13. The normalized spacial score (nSPS) is 17.2. The number of β-lactam (4-membered cyclic amide) rings is 1. The second kappa shape index (κ2) is 13.3. The van der Waals surface area contributed by atoms with Crippen molar-refractivity contribution in [2.75, 3.05) is 18.9 Å². The molecule has 0 bridgehead atoms. The second-order valence-corrected chi connectivity index (χ2v) is 12.4. The van der Waals surface area contributed by atoms with Gasteiger partial charge in [0.25, 0.3) is 11.8 Å². The third-order valence-electron chi connectivity index (χ3n) is 6.70. The van der Waals surface area contributed by atoms with Crippen LogP contribution in [0.2, 0.25) is 0 Å². The van der Waals surface area contributed by atoms with Gasteiger partial charge in [-0.2, -0.15) is 14.0 Å². The van der Waals surface area contributed by atoms with Crippen LogP contribution in [0.3, 0.4) is 0 Å². The van der Waals surface area contributed by atoms with Crippen LogP contribution >= 0.6 is 11.3 Å². The van der Waals surface area contributed by atoms with Crippen LogP contribution in [-0.2, 0) is 42.7 Å². The number of ether oxygens (including phenoxy) is 1. The van der Waals surface area contributed by atoms with Crippen molar-refractivity contribution in [2.45, 2.75) is 51.4 Å². The number of nitrogen functional groups attached to an aromatic ring is 1. The zero-order valence-corrected chi connectivity index (χ0v) is 26.1. The molecule has 2 aromatic heterocycles. The topological polar surface area (TPSA) is 220 Å². The number of anilines is 1. The highest BCUT2D eigenvalue weighted by atomic mass is 32.3. The zero-order valence-electron chi connectivity index (χ0n) is 24.5. The summed E-state index contributed by atoms with van der Waals surface area (Å²) in [5, 5.41) is 8.47. The first-order valence-electron chi connectivity index (χ1n) is 13.4. The van der Waals surface area contributed by atoms with Gasteiger partial charge in [0.2, 0.25) is 16.6 Å². The number of carbonyl (C=O) groups excluding carboxylic acids is 2. The molecule has 0 aliphatic carbocycles. The number of rotatable bonds is 14. The largest absolute Gasteiger partial charge is 0.724 e. The highest BCUT2D eigenvalue weighted by Gasteiger charge is 2.57. The highest BCUT2D eigenvalue weighted by molar-refractivity contribution is 7.80. The van der Waals surface area contributed by atoms with Gasteiger partial charge in [-0.05, 0) is 51.4 Å². The summed E-state index contributed by atoms with van der Waals surface area (Å²) in [5.74, 6) is -1.19. The van der Waals surface area contributed by atoms with Crippen LogP contribution in [0.5, 0.6) is 5.75 Å². The summed E-state index contributed by atoms with van der Waals surface area (Å²) < 4.78 is 47.1. The molecule has 18 heteroatoms. The van der Waals surface area contributed by atoms with E-state index in [1.165, 1.54) is 19.2 Å².